The molecule has 0 radical (unpaired) electrons. The highest BCUT2D eigenvalue weighted by Gasteiger charge is 2.13. The lowest BCUT2D eigenvalue weighted by molar-refractivity contribution is -0.151. The van der Waals surface area contributed by atoms with Crippen molar-refractivity contribution in [2.24, 2.45) is 0 Å². The van der Waals surface area contributed by atoms with Crippen LogP contribution in [-0.4, -0.2) is 30.4 Å². The van der Waals surface area contributed by atoms with Gasteiger partial charge in [0.25, 0.3) is 5.91 Å². The van der Waals surface area contributed by atoms with Crippen LogP contribution >= 0.6 is 23.2 Å². The van der Waals surface area contributed by atoms with E-state index in [0.717, 1.165) is 16.7 Å². The van der Waals surface area contributed by atoms with Crippen molar-refractivity contribution in [1.82, 2.24) is 4.90 Å². The third-order valence-electron chi connectivity index (χ3n) is 3.66. The number of amides is 1. The van der Waals surface area contributed by atoms with Gasteiger partial charge < -0.3 is 9.64 Å². The number of aryl methyl sites for hydroxylation is 1. The number of likely N-dealkylation sites (N-methyl/N-ethyl adjacent to an activating group) is 1. The van der Waals surface area contributed by atoms with Crippen molar-refractivity contribution in [2.45, 2.75) is 19.9 Å². The van der Waals surface area contributed by atoms with Crippen molar-refractivity contribution in [3.8, 4) is 0 Å². The lowest BCUT2D eigenvalue weighted by Gasteiger charge is -2.17. The monoisotopic (exact) mass is 379 g/mol. The molecule has 0 aliphatic carbocycles. The van der Waals surface area contributed by atoms with Gasteiger partial charge in [-0.2, -0.15) is 0 Å². The zero-order chi connectivity index (χ0) is 18.4. The molecule has 0 bridgehead atoms. The van der Waals surface area contributed by atoms with Gasteiger partial charge in [0.15, 0.2) is 6.61 Å². The maximum Gasteiger partial charge on any atom is 0.310 e. The fourth-order valence-corrected chi connectivity index (χ4v) is 2.50. The summed E-state index contributed by atoms with van der Waals surface area (Å²) >= 11 is 11.8. The maximum atomic E-state index is 12.1. The van der Waals surface area contributed by atoms with Crippen molar-refractivity contribution >= 4 is 35.1 Å². The largest absolute Gasteiger partial charge is 0.455 e. The third kappa shape index (κ3) is 6.07. The van der Waals surface area contributed by atoms with Crippen LogP contribution in [0.3, 0.4) is 0 Å². The summed E-state index contributed by atoms with van der Waals surface area (Å²) in [7, 11) is 1.64. The SMILES string of the molecule is Cc1ccc(CC(=O)OCC(=O)N(C)Cc2ccc(Cl)c(Cl)c2)cc1. The molecule has 0 saturated carbocycles. The molecule has 2 rings (SSSR count). The Balaban J connectivity index is 1.81. The summed E-state index contributed by atoms with van der Waals surface area (Å²) in [6.45, 7) is 2.04. The molecular formula is C19H19Cl2NO3. The summed E-state index contributed by atoms with van der Waals surface area (Å²) in [5, 5.41) is 0.897. The van der Waals surface area contributed by atoms with Crippen molar-refractivity contribution in [3.05, 3.63) is 69.2 Å². The van der Waals surface area contributed by atoms with Gasteiger partial charge in [-0.3, -0.25) is 9.59 Å². The molecule has 0 fully saturated rings. The highest BCUT2D eigenvalue weighted by Crippen LogP contribution is 2.23. The van der Waals surface area contributed by atoms with E-state index >= 15 is 0 Å². The number of esters is 1. The third-order valence-corrected chi connectivity index (χ3v) is 4.39. The van der Waals surface area contributed by atoms with Crippen molar-refractivity contribution in [1.29, 1.82) is 0 Å². The number of ether oxygens (including phenoxy) is 1. The Morgan fingerprint density at radius 1 is 1.00 bits per heavy atom. The summed E-state index contributed by atoms with van der Waals surface area (Å²) in [4.78, 5) is 25.4. The van der Waals surface area contributed by atoms with Gasteiger partial charge in [-0.05, 0) is 30.2 Å². The minimum Gasteiger partial charge on any atom is -0.455 e. The predicted octanol–water partition coefficient (Wildman–Crippen LogP) is 4.05. The first kappa shape index (κ1) is 19.3. The number of nitrogens with zero attached hydrogens (tertiary/aromatic N) is 1. The van der Waals surface area contributed by atoms with Crippen LogP contribution in [0.1, 0.15) is 16.7 Å². The van der Waals surface area contributed by atoms with Crippen molar-refractivity contribution in [2.75, 3.05) is 13.7 Å². The zero-order valence-corrected chi connectivity index (χ0v) is 15.6. The molecule has 0 heterocycles. The lowest BCUT2D eigenvalue weighted by atomic mass is 10.1. The summed E-state index contributed by atoms with van der Waals surface area (Å²) in [5.74, 6) is -0.719. The number of carbonyl (C=O) groups excluding carboxylic acids is 2. The number of carbonyl (C=O) groups is 2. The van der Waals surface area contributed by atoms with E-state index in [1.807, 2.05) is 31.2 Å². The molecule has 0 aliphatic rings. The lowest BCUT2D eigenvalue weighted by Crippen LogP contribution is -2.31. The highest BCUT2D eigenvalue weighted by molar-refractivity contribution is 6.42. The quantitative estimate of drug-likeness (QED) is 0.711. The topological polar surface area (TPSA) is 46.6 Å². The average Bonchev–Trinajstić information content (AvgIpc) is 2.58. The van der Waals surface area contributed by atoms with Crippen LogP contribution in [0.15, 0.2) is 42.5 Å². The van der Waals surface area contributed by atoms with Crippen LogP contribution in [0.5, 0.6) is 0 Å². The van der Waals surface area contributed by atoms with E-state index in [0.29, 0.717) is 16.6 Å². The molecule has 0 aromatic heterocycles. The van der Waals surface area contributed by atoms with Crippen LogP contribution < -0.4 is 0 Å². The fraction of sp³-hybridized carbons (Fsp3) is 0.263. The van der Waals surface area contributed by atoms with Crippen LogP contribution in [0, 0.1) is 6.92 Å². The average molecular weight is 380 g/mol. The molecule has 0 aliphatic heterocycles. The molecule has 25 heavy (non-hydrogen) atoms. The first-order valence-corrected chi connectivity index (χ1v) is 8.50. The van der Waals surface area contributed by atoms with Gasteiger partial charge in [-0.25, -0.2) is 0 Å². The Labute approximate surface area is 157 Å². The minimum atomic E-state index is -0.430. The summed E-state index contributed by atoms with van der Waals surface area (Å²) in [5.41, 5.74) is 2.82. The standard InChI is InChI=1S/C19H19Cl2NO3/c1-13-3-5-14(6-4-13)10-19(24)25-12-18(23)22(2)11-15-7-8-16(20)17(21)9-15/h3-9H,10-12H2,1-2H3. The van der Waals surface area contributed by atoms with E-state index < -0.39 is 5.97 Å². The van der Waals surface area contributed by atoms with Gasteiger partial charge in [0.2, 0.25) is 0 Å². The van der Waals surface area contributed by atoms with E-state index in [2.05, 4.69) is 0 Å². The molecule has 0 N–H and O–H groups in total. The van der Waals surface area contributed by atoms with Crippen LogP contribution in [0.2, 0.25) is 10.0 Å². The van der Waals surface area contributed by atoms with E-state index in [1.165, 1.54) is 4.90 Å². The van der Waals surface area contributed by atoms with Gasteiger partial charge >= 0.3 is 5.97 Å². The van der Waals surface area contributed by atoms with E-state index in [1.54, 1.807) is 25.2 Å². The summed E-state index contributed by atoms with van der Waals surface area (Å²) in [6, 6.07) is 12.8. The number of hydrogen-bond acceptors (Lipinski definition) is 3. The summed E-state index contributed by atoms with van der Waals surface area (Å²) < 4.78 is 5.06. The molecule has 2 aromatic rings. The Kier molecular flexibility index (Phi) is 6.85. The number of rotatable bonds is 6. The molecule has 6 heteroatoms. The van der Waals surface area contributed by atoms with Crippen LogP contribution in [0.4, 0.5) is 0 Å². The Hall–Kier alpha value is -2.04. The molecule has 0 atom stereocenters. The molecule has 1 amide bonds. The molecule has 2 aromatic carbocycles. The highest BCUT2D eigenvalue weighted by atomic mass is 35.5. The first-order valence-electron chi connectivity index (χ1n) is 7.74. The van der Waals surface area contributed by atoms with E-state index in [-0.39, 0.29) is 18.9 Å². The normalized spacial score (nSPS) is 10.4. The number of benzene rings is 2. The second kappa shape index (κ2) is 8.88. The Morgan fingerprint density at radius 2 is 1.64 bits per heavy atom. The van der Waals surface area contributed by atoms with Gasteiger partial charge in [0, 0.05) is 13.6 Å². The fourth-order valence-electron chi connectivity index (χ4n) is 2.18. The molecule has 0 spiro atoms. The predicted molar refractivity (Wildman–Crippen MR) is 98.8 cm³/mol. The zero-order valence-electron chi connectivity index (χ0n) is 14.1. The minimum absolute atomic E-state index is 0.143. The Morgan fingerprint density at radius 3 is 2.28 bits per heavy atom. The number of hydrogen-bond donors (Lipinski definition) is 0. The van der Waals surface area contributed by atoms with Crippen molar-refractivity contribution in [3.63, 3.8) is 0 Å². The molecule has 132 valence electrons. The van der Waals surface area contributed by atoms with Gasteiger partial charge in [0.1, 0.15) is 0 Å². The molecule has 0 saturated heterocycles. The van der Waals surface area contributed by atoms with E-state index in [9.17, 15) is 9.59 Å². The van der Waals surface area contributed by atoms with Gasteiger partial charge in [-0.1, -0.05) is 59.1 Å². The maximum absolute atomic E-state index is 12.1. The van der Waals surface area contributed by atoms with E-state index in [4.69, 9.17) is 27.9 Å². The van der Waals surface area contributed by atoms with Crippen LogP contribution in [-0.2, 0) is 27.3 Å². The molecule has 4 nitrogen and oxygen atoms in total. The second-order valence-electron chi connectivity index (χ2n) is 5.82. The molecular weight excluding hydrogens is 361 g/mol. The second-order valence-corrected chi connectivity index (χ2v) is 6.64. The smallest absolute Gasteiger partial charge is 0.310 e. The molecule has 0 unspecified atom stereocenters. The summed E-state index contributed by atoms with van der Waals surface area (Å²) in [6.07, 6.45) is 0.143. The van der Waals surface area contributed by atoms with Gasteiger partial charge in [0.05, 0.1) is 16.5 Å². The van der Waals surface area contributed by atoms with Crippen LogP contribution in [0.25, 0.3) is 0 Å². The van der Waals surface area contributed by atoms with Crippen molar-refractivity contribution < 1.29 is 14.3 Å². The first-order chi connectivity index (χ1) is 11.8. The number of halogens is 2. The Bertz CT molecular complexity index is 760. The van der Waals surface area contributed by atoms with Gasteiger partial charge in [-0.15, -0.1) is 0 Å².